The molecule has 7 nitrogen and oxygen atoms in total. The molecule has 0 radical (unpaired) electrons. The van der Waals surface area contributed by atoms with Crippen LogP contribution >= 0.6 is 0 Å². The number of hydrogen-bond acceptors (Lipinski definition) is 6. The zero-order valence-electron chi connectivity index (χ0n) is 18.6. The lowest BCUT2D eigenvalue weighted by Crippen LogP contribution is -2.33. The summed E-state index contributed by atoms with van der Waals surface area (Å²) < 4.78 is 25.2. The van der Waals surface area contributed by atoms with Gasteiger partial charge in [0.2, 0.25) is 0 Å². The van der Waals surface area contributed by atoms with E-state index in [0.29, 0.717) is 35.4 Å². The van der Waals surface area contributed by atoms with Gasteiger partial charge in [-0.15, -0.1) is 5.06 Å². The maximum absolute atomic E-state index is 14.5. The van der Waals surface area contributed by atoms with Gasteiger partial charge >= 0.3 is 12.1 Å². The molecule has 0 atom stereocenters. The minimum atomic E-state index is -0.967. The fraction of sp³-hybridized carbons (Fsp3) is 0.231. The maximum Gasteiger partial charge on any atom is 0.528 e. The van der Waals surface area contributed by atoms with Gasteiger partial charge in [-0.25, -0.2) is 9.18 Å². The van der Waals surface area contributed by atoms with E-state index < -0.39 is 17.9 Å². The number of hydroxylamine groups is 2. The van der Waals surface area contributed by atoms with Crippen LogP contribution in [0.1, 0.15) is 22.3 Å². The van der Waals surface area contributed by atoms with Crippen LogP contribution in [0.15, 0.2) is 60.7 Å². The van der Waals surface area contributed by atoms with E-state index in [2.05, 4.69) is 0 Å². The van der Waals surface area contributed by atoms with Crippen LogP contribution in [0.25, 0.3) is 11.1 Å². The van der Waals surface area contributed by atoms with Gasteiger partial charge in [0.1, 0.15) is 18.2 Å². The Labute approximate surface area is 196 Å². The number of carboxylic acid groups (broad SMARTS) is 1. The Morgan fingerprint density at radius 2 is 1.82 bits per heavy atom. The van der Waals surface area contributed by atoms with Crippen LogP contribution in [-0.2, 0) is 40.4 Å². The number of halogens is 1. The van der Waals surface area contributed by atoms with Crippen LogP contribution in [0.2, 0.25) is 0 Å². The summed E-state index contributed by atoms with van der Waals surface area (Å²) in [6.07, 6.45) is -0.530. The molecule has 176 valence electrons. The number of benzene rings is 3. The van der Waals surface area contributed by atoms with Gasteiger partial charge in [-0.2, -0.15) is 0 Å². The van der Waals surface area contributed by atoms with Crippen LogP contribution in [0.4, 0.5) is 9.18 Å². The van der Waals surface area contributed by atoms with Gasteiger partial charge < -0.3 is 19.4 Å². The minimum absolute atomic E-state index is 0.0914. The zero-order valence-corrected chi connectivity index (χ0v) is 18.6. The van der Waals surface area contributed by atoms with E-state index in [1.165, 1.54) is 24.3 Å². The Morgan fingerprint density at radius 3 is 2.56 bits per heavy atom. The summed E-state index contributed by atoms with van der Waals surface area (Å²) in [6.45, 7) is 0.693. The van der Waals surface area contributed by atoms with Crippen LogP contribution in [0.3, 0.4) is 0 Å². The second-order valence-electron chi connectivity index (χ2n) is 7.93. The molecule has 1 heterocycles. The van der Waals surface area contributed by atoms with Crippen molar-refractivity contribution in [2.45, 2.75) is 26.0 Å². The molecular formula is C26H24FNO6. The zero-order chi connectivity index (χ0) is 24.1. The number of carboxylic acids is 1. The van der Waals surface area contributed by atoms with Crippen molar-refractivity contribution in [3.63, 3.8) is 0 Å². The van der Waals surface area contributed by atoms with Gasteiger partial charge in [0, 0.05) is 12.1 Å². The van der Waals surface area contributed by atoms with E-state index in [1.54, 1.807) is 18.2 Å². The molecule has 0 saturated carbocycles. The van der Waals surface area contributed by atoms with E-state index in [0.717, 1.165) is 16.7 Å². The summed E-state index contributed by atoms with van der Waals surface area (Å²) in [5.74, 6) is -0.885. The first-order valence-corrected chi connectivity index (χ1v) is 10.8. The molecule has 0 aromatic heterocycles. The van der Waals surface area contributed by atoms with Gasteiger partial charge in [0.05, 0.1) is 20.1 Å². The summed E-state index contributed by atoms with van der Waals surface area (Å²) in [5.41, 5.74) is 4.10. The molecule has 3 aromatic rings. The molecule has 1 N–H and O–H groups in total. The fourth-order valence-electron chi connectivity index (χ4n) is 4.02. The second-order valence-corrected chi connectivity index (χ2v) is 7.93. The number of nitrogens with zero attached hydrogens (tertiary/aromatic N) is 1. The van der Waals surface area contributed by atoms with E-state index in [1.807, 2.05) is 30.3 Å². The van der Waals surface area contributed by atoms with Crippen LogP contribution in [0, 0.1) is 5.82 Å². The van der Waals surface area contributed by atoms with E-state index in [9.17, 15) is 14.0 Å². The molecule has 0 spiro atoms. The van der Waals surface area contributed by atoms with Crippen LogP contribution in [0.5, 0.6) is 5.75 Å². The number of carbonyl (C=O) groups is 2. The highest BCUT2D eigenvalue weighted by atomic mass is 19.1. The SMILES string of the molecule is COc1ccc(CC(=O)O)cc1-c1cc(F)cc2c1CN(OC(=O)OCc1ccccc1)CC2. The minimum Gasteiger partial charge on any atom is -0.496 e. The molecule has 1 aliphatic rings. The second kappa shape index (κ2) is 10.4. The number of fused-ring (bicyclic) bond motifs is 1. The highest BCUT2D eigenvalue weighted by Crippen LogP contribution is 2.37. The standard InChI is InChI=1S/C26H24FNO6/c1-32-24-8-7-18(12-25(29)30)11-22(24)21-14-20(27)13-19-9-10-28(15-23(19)21)34-26(31)33-16-17-5-3-2-4-6-17/h2-8,11,13-14H,9-10,12,15-16H2,1H3,(H,29,30). The quantitative estimate of drug-likeness (QED) is 0.504. The lowest BCUT2D eigenvalue weighted by Gasteiger charge is -2.29. The molecule has 3 aromatic carbocycles. The molecule has 0 bridgehead atoms. The van der Waals surface area contributed by atoms with Gasteiger partial charge in [0.25, 0.3) is 0 Å². The molecular weight excluding hydrogens is 441 g/mol. The highest BCUT2D eigenvalue weighted by Gasteiger charge is 2.25. The van der Waals surface area contributed by atoms with E-state index >= 15 is 0 Å². The Morgan fingerprint density at radius 1 is 1.03 bits per heavy atom. The third kappa shape index (κ3) is 5.52. The van der Waals surface area contributed by atoms with Gasteiger partial charge in [-0.05, 0) is 58.5 Å². The average molecular weight is 465 g/mol. The number of carbonyl (C=O) groups excluding carboxylic acids is 1. The molecule has 0 unspecified atom stereocenters. The predicted octanol–water partition coefficient (Wildman–Crippen LogP) is 4.75. The Kier molecular flexibility index (Phi) is 7.08. The molecule has 1 aliphatic heterocycles. The van der Waals surface area contributed by atoms with E-state index in [-0.39, 0.29) is 19.6 Å². The van der Waals surface area contributed by atoms with Crippen molar-refractivity contribution in [1.29, 1.82) is 0 Å². The lowest BCUT2D eigenvalue weighted by molar-refractivity contribution is -0.139. The molecule has 0 amide bonds. The summed E-state index contributed by atoms with van der Waals surface area (Å²) in [4.78, 5) is 28.8. The summed E-state index contributed by atoms with van der Waals surface area (Å²) in [5, 5.41) is 10.6. The Bertz CT molecular complexity index is 1200. The molecule has 0 aliphatic carbocycles. The highest BCUT2D eigenvalue weighted by molar-refractivity contribution is 5.77. The maximum atomic E-state index is 14.5. The smallest absolute Gasteiger partial charge is 0.496 e. The van der Waals surface area contributed by atoms with Crippen molar-refractivity contribution in [3.8, 4) is 16.9 Å². The normalized spacial score (nSPS) is 13.1. The third-order valence-corrected chi connectivity index (χ3v) is 5.58. The monoisotopic (exact) mass is 465 g/mol. The first-order chi connectivity index (χ1) is 16.4. The number of hydrogen-bond donors (Lipinski definition) is 1. The molecule has 8 heteroatoms. The first kappa shape index (κ1) is 23.3. The van der Waals surface area contributed by atoms with Gasteiger partial charge in [-0.1, -0.05) is 36.4 Å². The number of ether oxygens (including phenoxy) is 2. The topological polar surface area (TPSA) is 85.3 Å². The van der Waals surface area contributed by atoms with Gasteiger partial charge in [0.15, 0.2) is 0 Å². The van der Waals surface area contributed by atoms with Crippen molar-refractivity contribution in [3.05, 3.63) is 88.7 Å². The lowest BCUT2D eigenvalue weighted by atomic mass is 9.90. The van der Waals surface area contributed by atoms with Crippen molar-refractivity contribution >= 4 is 12.1 Å². The number of rotatable bonds is 7. The largest absolute Gasteiger partial charge is 0.528 e. The molecule has 0 saturated heterocycles. The fourth-order valence-corrected chi connectivity index (χ4v) is 4.02. The van der Waals surface area contributed by atoms with Crippen molar-refractivity contribution in [1.82, 2.24) is 5.06 Å². The molecule has 34 heavy (non-hydrogen) atoms. The summed E-state index contributed by atoms with van der Waals surface area (Å²) in [6, 6.07) is 17.2. The summed E-state index contributed by atoms with van der Waals surface area (Å²) >= 11 is 0. The predicted molar refractivity (Wildman–Crippen MR) is 122 cm³/mol. The Hall–Kier alpha value is -3.91. The number of aliphatic carboxylic acids is 1. The van der Waals surface area contributed by atoms with Crippen molar-refractivity contribution in [2.24, 2.45) is 0 Å². The molecule has 4 rings (SSSR count). The van der Waals surface area contributed by atoms with Crippen LogP contribution < -0.4 is 4.74 Å². The number of methoxy groups -OCH3 is 1. The Balaban J connectivity index is 1.56. The third-order valence-electron chi connectivity index (χ3n) is 5.58. The van der Waals surface area contributed by atoms with Gasteiger partial charge in [-0.3, -0.25) is 4.79 Å². The summed E-state index contributed by atoms with van der Waals surface area (Å²) in [7, 11) is 1.50. The van der Waals surface area contributed by atoms with Crippen LogP contribution in [-0.4, -0.2) is 35.9 Å². The molecule has 0 fully saturated rings. The van der Waals surface area contributed by atoms with Crippen molar-refractivity contribution < 1.29 is 33.4 Å². The van der Waals surface area contributed by atoms with E-state index in [4.69, 9.17) is 19.4 Å². The van der Waals surface area contributed by atoms with Crippen molar-refractivity contribution in [2.75, 3.05) is 13.7 Å². The average Bonchev–Trinajstić information content (AvgIpc) is 2.82. The first-order valence-electron chi connectivity index (χ1n) is 10.8.